The third-order valence-electron chi connectivity index (χ3n) is 4.66. The number of rotatable bonds is 10. The van der Waals surface area contributed by atoms with Gasteiger partial charge in [-0.2, -0.15) is 5.10 Å². The van der Waals surface area contributed by atoms with Crippen LogP contribution in [-0.4, -0.2) is 54.7 Å². The highest BCUT2D eigenvalue weighted by Crippen LogP contribution is 2.38. The van der Waals surface area contributed by atoms with Crippen LogP contribution < -0.4 is 22.7 Å². The fourth-order valence-corrected chi connectivity index (χ4v) is 3.40. The SMILES string of the molecule is C/C(N)=C/N(N)CCCCN=CC(=NN)C(=O)NCC1CC2CCC1O2. The Kier molecular flexibility index (Phi) is 7.86. The van der Waals surface area contributed by atoms with Gasteiger partial charge in [-0.15, -0.1) is 0 Å². The molecule has 9 heteroatoms. The first-order chi connectivity index (χ1) is 12.5. The molecule has 3 atom stereocenters. The van der Waals surface area contributed by atoms with Gasteiger partial charge in [-0.05, 0) is 39.0 Å². The van der Waals surface area contributed by atoms with Gasteiger partial charge >= 0.3 is 0 Å². The number of hydrogen-bond donors (Lipinski definition) is 4. The number of amides is 1. The second-order valence-electron chi connectivity index (χ2n) is 6.95. The predicted molar refractivity (Wildman–Crippen MR) is 102 cm³/mol. The van der Waals surface area contributed by atoms with Gasteiger partial charge in [-0.3, -0.25) is 9.79 Å². The highest BCUT2D eigenvalue weighted by Gasteiger charge is 2.40. The first kappa shape index (κ1) is 20.2. The largest absolute Gasteiger partial charge is 0.401 e. The third kappa shape index (κ3) is 6.30. The second kappa shape index (κ2) is 10.1. The molecule has 0 aromatic heterocycles. The van der Waals surface area contributed by atoms with Crippen LogP contribution in [-0.2, 0) is 9.53 Å². The lowest BCUT2D eigenvalue weighted by molar-refractivity contribution is -0.114. The van der Waals surface area contributed by atoms with Gasteiger partial charge in [0.2, 0.25) is 0 Å². The van der Waals surface area contributed by atoms with Crippen molar-refractivity contribution in [1.29, 1.82) is 0 Å². The molecule has 26 heavy (non-hydrogen) atoms. The Morgan fingerprint density at radius 3 is 2.81 bits per heavy atom. The summed E-state index contributed by atoms with van der Waals surface area (Å²) in [7, 11) is 0. The van der Waals surface area contributed by atoms with Crippen molar-refractivity contribution in [2.75, 3.05) is 19.6 Å². The lowest BCUT2D eigenvalue weighted by Crippen LogP contribution is -2.38. The molecule has 2 bridgehead atoms. The Hall–Kier alpha value is -2.13. The van der Waals surface area contributed by atoms with Crippen molar-refractivity contribution >= 4 is 17.8 Å². The number of aliphatic imine (C=N–C) groups is 1. The molecule has 1 amide bonds. The predicted octanol–water partition coefficient (Wildman–Crippen LogP) is -0.168. The normalized spacial score (nSPS) is 25.8. The highest BCUT2D eigenvalue weighted by atomic mass is 16.5. The molecule has 0 aliphatic carbocycles. The van der Waals surface area contributed by atoms with Crippen molar-refractivity contribution in [1.82, 2.24) is 10.3 Å². The molecule has 2 aliphatic rings. The van der Waals surface area contributed by atoms with Crippen LogP contribution in [0.5, 0.6) is 0 Å². The average molecular weight is 365 g/mol. The number of hydrazine groups is 1. The highest BCUT2D eigenvalue weighted by molar-refractivity contribution is 6.60. The van der Waals surface area contributed by atoms with Crippen molar-refractivity contribution in [3.63, 3.8) is 0 Å². The van der Waals surface area contributed by atoms with Crippen molar-refractivity contribution in [2.45, 2.75) is 51.2 Å². The van der Waals surface area contributed by atoms with Crippen LogP contribution in [0.15, 0.2) is 22.0 Å². The fourth-order valence-electron chi connectivity index (χ4n) is 3.40. The molecule has 2 aliphatic heterocycles. The number of hydrazone groups is 1. The molecule has 146 valence electrons. The molecule has 0 radical (unpaired) electrons. The second-order valence-corrected chi connectivity index (χ2v) is 6.95. The molecule has 2 rings (SSSR count). The Labute approximate surface area is 154 Å². The van der Waals surface area contributed by atoms with Crippen molar-refractivity contribution in [3.8, 4) is 0 Å². The van der Waals surface area contributed by atoms with E-state index in [1.165, 1.54) is 6.21 Å². The molecule has 7 N–H and O–H groups in total. The first-order valence-corrected chi connectivity index (χ1v) is 9.16. The van der Waals surface area contributed by atoms with Gasteiger partial charge in [-0.25, -0.2) is 5.84 Å². The molecule has 9 nitrogen and oxygen atoms in total. The lowest BCUT2D eigenvalue weighted by Gasteiger charge is -2.18. The van der Waals surface area contributed by atoms with Crippen LogP contribution in [0.25, 0.3) is 0 Å². The number of allylic oxidation sites excluding steroid dienone is 1. The summed E-state index contributed by atoms with van der Waals surface area (Å²) in [6.45, 7) is 3.64. The van der Waals surface area contributed by atoms with Gasteiger partial charge < -0.3 is 26.6 Å². The van der Waals surface area contributed by atoms with Crippen LogP contribution >= 0.6 is 0 Å². The molecule has 3 unspecified atom stereocenters. The lowest BCUT2D eigenvalue weighted by atomic mass is 9.89. The monoisotopic (exact) mass is 365 g/mol. The number of carbonyl (C=O) groups excluding carboxylic acids is 1. The van der Waals surface area contributed by atoms with E-state index in [1.807, 2.05) is 0 Å². The maximum Gasteiger partial charge on any atom is 0.273 e. The summed E-state index contributed by atoms with van der Waals surface area (Å²) in [5.74, 6) is 11.2. The first-order valence-electron chi connectivity index (χ1n) is 9.16. The number of nitrogens with zero attached hydrogens (tertiary/aromatic N) is 3. The summed E-state index contributed by atoms with van der Waals surface area (Å²) in [6, 6.07) is 0. The molecular weight excluding hydrogens is 334 g/mol. The van der Waals surface area contributed by atoms with E-state index < -0.39 is 0 Å². The van der Waals surface area contributed by atoms with Gasteiger partial charge in [0.25, 0.3) is 5.91 Å². The van der Waals surface area contributed by atoms with E-state index in [0.29, 0.717) is 37.4 Å². The number of nitrogens with two attached hydrogens (primary N) is 3. The summed E-state index contributed by atoms with van der Waals surface area (Å²) < 4.78 is 5.79. The molecule has 0 aromatic carbocycles. The number of hydrogen-bond acceptors (Lipinski definition) is 8. The average Bonchev–Trinajstić information content (AvgIpc) is 3.21. The van der Waals surface area contributed by atoms with E-state index in [2.05, 4.69) is 15.4 Å². The van der Waals surface area contributed by atoms with E-state index in [9.17, 15) is 4.79 Å². The van der Waals surface area contributed by atoms with E-state index in [-0.39, 0.29) is 17.7 Å². The Balaban J connectivity index is 1.62. The summed E-state index contributed by atoms with van der Waals surface area (Å²) >= 11 is 0. The van der Waals surface area contributed by atoms with Crippen LogP contribution in [0.1, 0.15) is 39.0 Å². The Morgan fingerprint density at radius 2 is 2.19 bits per heavy atom. The molecule has 0 aromatic rings. The van der Waals surface area contributed by atoms with Crippen molar-refractivity contribution in [2.24, 2.45) is 33.4 Å². The maximum absolute atomic E-state index is 12.2. The quantitative estimate of drug-likeness (QED) is 0.183. The molecule has 0 saturated carbocycles. The summed E-state index contributed by atoms with van der Waals surface area (Å²) in [6.07, 6.45) is 8.72. The maximum atomic E-state index is 12.2. The van der Waals surface area contributed by atoms with Crippen LogP contribution in [0.4, 0.5) is 0 Å². The van der Waals surface area contributed by atoms with Crippen LogP contribution in [0.2, 0.25) is 0 Å². The minimum atomic E-state index is -0.296. The van der Waals surface area contributed by atoms with E-state index in [0.717, 1.165) is 32.1 Å². The molecular formula is C17H31N7O2. The third-order valence-corrected chi connectivity index (χ3v) is 4.66. The smallest absolute Gasteiger partial charge is 0.273 e. The van der Waals surface area contributed by atoms with Gasteiger partial charge in [0, 0.05) is 37.4 Å². The molecule has 2 fully saturated rings. The number of unbranched alkanes of at least 4 members (excludes halogenated alkanes) is 1. The number of ether oxygens (including phenoxy) is 1. The zero-order valence-corrected chi connectivity index (χ0v) is 15.4. The summed E-state index contributed by atoms with van der Waals surface area (Å²) in [5.41, 5.74) is 6.35. The standard InChI is InChI=1S/C17H31N7O2/c1-12(18)11-24(20)7-3-2-6-21-10-15(23-19)17(25)22-9-13-8-14-4-5-16(13)26-14/h10-11,13-14,16H,2-9,18-20H2,1H3,(H,22,25)/b12-11-,21-10?,23-15?. The van der Waals surface area contributed by atoms with Crippen molar-refractivity contribution < 1.29 is 9.53 Å². The van der Waals surface area contributed by atoms with E-state index >= 15 is 0 Å². The Bertz CT molecular complexity index is 557. The molecule has 2 saturated heterocycles. The zero-order chi connectivity index (χ0) is 18.9. The van der Waals surface area contributed by atoms with Gasteiger partial charge in [0.15, 0.2) is 5.71 Å². The van der Waals surface area contributed by atoms with E-state index in [1.54, 1.807) is 18.1 Å². The van der Waals surface area contributed by atoms with Gasteiger partial charge in [0.1, 0.15) is 0 Å². The topological polar surface area (TPSA) is 144 Å². The zero-order valence-electron chi connectivity index (χ0n) is 15.4. The summed E-state index contributed by atoms with van der Waals surface area (Å²) in [5, 5.41) is 7.97. The fraction of sp³-hybridized carbons (Fsp3) is 0.706. The number of nitrogens with one attached hydrogen (secondary N) is 1. The number of fused-ring (bicyclic) bond motifs is 2. The Morgan fingerprint density at radius 1 is 1.38 bits per heavy atom. The van der Waals surface area contributed by atoms with Gasteiger partial charge in [-0.1, -0.05) is 0 Å². The number of carbonyl (C=O) groups is 1. The molecule has 0 spiro atoms. The van der Waals surface area contributed by atoms with Crippen LogP contribution in [0.3, 0.4) is 0 Å². The van der Waals surface area contributed by atoms with Crippen LogP contribution in [0, 0.1) is 5.92 Å². The van der Waals surface area contributed by atoms with Gasteiger partial charge in [0.05, 0.1) is 18.4 Å². The van der Waals surface area contributed by atoms with Crippen molar-refractivity contribution in [3.05, 3.63) is 11.9 Å². The molecule has 2 heterocycles. The minimum absolute atomic E-state index is 0.135. The van der Waals surface area contributed by atoms with E-state index in [4.69, 9.17) is 22.2 Å². The summed E-state index contributed by atoms with van der Waals surface area (Å²) in [4.78, 5) is 16.4. The minimum Gasteiger partial charge on any atom is -0.401 e.